The summed E-state index contributed by atoms with van der Waals surface area (Å²) in [7, 11) is 1.96. The van der Waals surface area contributed by atoms with Gasteiger partial charge in [-0.15, -0.1) is 0 Å². The molecule has 27 heavy (non-hydrogen) atoms. The molecule has 0 aliphatic carbocycles. The zero-order valence-corrected chi connectivity index (χ0v) is 17.2. The molecule has 1 aromatic rings. The van der Waals surface area contributed by atoms with Gasteiger partial charge in [0.1, 0.15) is 12.3 Å². The van der Waals surface area contributed by atoms with E-state index in [9.17, 15) is 4.39 Å². The number of rotatable bonds is 8. The maximum Gasteiger partial charge on any atom is 0.216 e. The fourth-order valence-corrected chi connectivity index (χ4v) is 2.97. The van der Waals surface area contributed by atoms with Gasteiger partial charge in [-0.2, -0.15) is 0 Å². The van der Waals surface area contributed by atoms with Gasteiger partial charge < -0.3 is 15.4 Å². The zero-order chi connectivity index (χ0) is 20.0. The van der Waals surface area contributed by atoms with Crippen molar-refractivity contribution in [2.75, 3.05) is 13.7 Å². The summed E-state index contributed by atoms with van der Waals surface area (Å²) in [5, 5.41) is 6.72. The molecule has 1 unspecified atom stereocenters. The van der Waals surface area contributed by atoms with Gasteiger partial charge in [-0.25, -0.2) is 9.37 Å². The van der Waals surface area contributed by atoms with Crippen LogP contribution in [0, 0.1) is 6.92 Å². The molecule has 5 nitrogen and oxygen atoms in total. The molecule has 0 saturated carbocycles. The first-order valence-electron chi connectivity index (χ1n) is 9.36. The number of aryl methyl sites for hydroxylation is 1. The highest BCUT2D eigenvalue weighted by molar-refractivity contribution is 6.02. The van der Waals surface area contributed by atoms with Crippen molar-refractivity contribution in [2.24, 2.45) is 4.99 Å². The van der Waals surface area contributed by atoms with Gasteiger partial charge in [0.2, 0.25) is 5.88 Å². The molecule has 2 heterocycles. The van der Waals surface area contributed by atoms with Crippen LogP contribution in [0.5, 0.6) is 5.88 Å². The Kier molecular flexibility index (Phi) is 7.13. The van der Waals surface area contributed by atoms with Crippen LogP contribution in [0.25, 0.3) is 0 Å². The first kappa shape index (κ1) is 21.1. The van der Waals surface area contributed by atoms with E-state index >= 15 is 0 Å². The molecule has 0 amide bonds. The molecular weight excluding hydrogens is 343 g/mol. The smallest absolute Gasteiger partial charge is 0.216 e. The van der Waals surface area contributed by atoms with Gasteiger partial charge >= 0.3 is 0 Å². The highest BCUT2D eigenvalue weighted by Crippen LogP contribution is 2.21. The second-order valence-electron chi connectivity index (χ2n) is 7.48. The van der Waals surface area contributed by atoms with Crippen molar-refractivity contribution in [3.05, 3.63) is 46.9 Å². The predicted octanol–water partition coefficient (Wildman–Crippen LogP) is 3.85. The van der Waals surface area contributed by atoms with Gasteiger partial charge in [-0.3, -0.25) is 4.99 Å². The standard InChI is InChI=1S/C21H31FN4O/c1-7-18-17(19(23-6)15(3)9-25-18)12-24-10-16-8-14(2)20(26-11-16)27-13-21(4,5)22/h8-9,11-12,19,23-24H,7,10,13H2,1-6H3/b17-12-. The minimum absolute atomic E-state index is 0.0120. The van der Waals surface area contributed by atoms with Crippen molar-refractivity contribution in [1.29, 1.82) is 0 Å². The molecule has 0 spiro atoms. The first-order valence-corrected chi connectivity index (χ1v) is 9.36. The van der Waals surface area contributed by atoms with Crippen LogP contribution in [0.4, 0.5) is 4.39 Å². The molecule has 2 N–H and O–H groups in total. The number of ether oxygens (including phenoxy) is 1. The minimum Gasteiger partial charge on any atom is -0.474 e. The number of hydrogen-bond acceptors (Lipinski definition) is 5. The lowest BCUT2D eigenvalue weighted by atomic mass is 9.93. The average molecular weight is 375 g/mol. The summed E-state index contributed by atoms with van der Waals surface area (Å²) in [4.78, 5) is 8.87. The summed E-state index contributed by atoms with van der Waals surface area (Å²) in [6, 6.07) is 2.18. The van der Waals surface area contributed by atoms with Crippen molar-refractivity contribution in [3.63, 3.8) is 0 Å². The Morgan fingerprint density at radius 1 is 1.33 bits per heavy atom. The molecule has 0 aromatic carbocycles. The van der Waals surface area contributed by atoms with Gasteiger partial charge in [0.05, 0.1) is 6.04 Å². The van der Waals surface area contributed by atoms with Crippen LogP contribution in [0.3, 0.4) is 0 Å². The van der Waals surface area contributed by atoms with E-state index in [1.807, 2.05) is 32.4 Å². The lowest BCUT2D eigenvalue weighted by Gasteiger charge is -2.25. The number of halogens is 1. The zero-order valence-electron chi connectivity index (χ0n) is 17.2. The van der Waals surface area contributed by atoms with Crippen molar-refractivity contribution < 1.29 is 9.13 Å². The molecule has 0 radical (unpaired) electrons. The second kappa shape index (κ2) is 9.13. The Balaban J connectivity index is 2.03. The molecule has 6 heteroatoms. The average Bonchev–Trinajstić information content (AvgIpc) is 2.60. The Labute approximate surface area is 161 Å². The maximum atomic E-state index is 13.6. The molecular formula is C21H31FN4O. The number of hydrogen-bond donors (Lipinski definition) is 2. The fourth-order valence-electron chi connectivity index (χ4n) is 2.97. The van der Waals surface area contributed by atoms with E-state index in [4.69, 9.17) is 4.74 Å². The van der Waals surface area contributed by atoms with Crippen molar-refractivity contribution >= 4 is 5.71 Å². The van der Waals surface area contributed by atoms with Crippen LogP contribution in [-0.2, 0) is 6.54 Å². The number of aromatic nitrogens is 1. The first-order chi connectivity index (χ1) is 12.7. The largest absolute Gasteiger partial charge is 0.474 e. The van der Waals surface area contributed by atoms with E-state index in [0.29, 0.717) is 12.4 Å². The molecule has 148 valence electrons. The maximum absolute atomic E-state index is 13.6. The third-order valence-electron chi connectivity index (χ3n) is 4.35. The summed E-state index contributed by atoms with van der Waals surface area (Å²) >= 11 is 0. The third-order valence-corrected chi connectivity index (χ3v) is 4.35. The predicted molar refractivity (Wildman–Crippen MR) is 109 cm³/mol. The van der Waals surface area contributed by atoms with E-state index < -0.39 is 5.67 Å². The Bertz CT molecular complexity index is 747. The van der Waals surface area contributed by atoms with Gasteiger partial charge in [-0.1, -0.05) is 6.92 Å². The third kappa shape index (κ3) is 5.89. The normalized spacial score (nSPS) is 18.9. The number of aliphatic imine (C=N–C) groups is 1. The van der Waals surface area contributed by atoms with E-state index in [-0.39, 0.29) is 12.6 Å². The van der Waals surface area contributed by atoms with Crippen molar-refractivity contribution in [2.45, 2.75) is 59.3 Å². The highest BCUT2D eigenvalue weighted by Gasteiger charge is 2.21. The molecule has 0 fully saturated rings. The van der Waals surface area contributed by atoms with Crippen molar-refractivity contribution in [3.8, 4) is 5.88 Å². The van der Waals surface area contributed by atoms with Crippen LogP contribution in [-0.4, -0.2) is 36.1 Å². The Morgan fingerprint density at radius 3 is 2.67 bits per heavy atom. The summed E-state index contributed by atoms with van der Waals surface area (Å²) in [5.74, 6) is 0.478. The lowest BCUT2D eigenvalue weighted by molar-refractivity contribution is 0.117. The van der Waals surface area contributed by atoms with E-state index in [2.05, 4.69) is 34.5 Å². The fraction of sp³-hybridized carbons (Fsp3) is 0.524. The molecule has 1 atom stereocenters. The van der Waals surface area contributed by atoms with Gasteiger partial charge in [0, 0.05) is 42.0 Å². The van der Waals surface area contributed by atoms with Crippen molar-refractivity contribution in [1.82, 2.24) is 15.6 Å². The molecule has 1 aliphatic heterocycles. The van der Waals surface area contributed by atoms with Crippen LogP contribution in [0.15, 0.2) is 40.8 Å². The van der Waals surface area contributed by atoms with Crippen LogP contribution < -0.4 is 15.4 Å². The van der Waals surface area contributed by atoms with Crippen LogP contribution in [0.1, 0.15) is 45.2 Å². The van der Waals surface area contributed by atoms with Gasteiger partial charge in [0.15, 0.2) is 0 Å². The van der Waals surface area contributed by atoms with Crippen LogP contribution in [0.2, 0.25) is 0 Å². The van der Waals surface area contributed by atoms with E-state index in [1.54, 1.807) is 6.20 Å². The number of nitrogens with zero attached hydrogens (tertiary/aromatic N) is 2. The molecule has 1 aliphatic rings. The molecule has 0 saturated heterocycles. The SMILES string of the molecule is CCC1=NC=C(C)C(NC)/C1=C\NCc1cnc(OCC(C)(C)F)c(C)c1. The summed E-state index contributed by atoms with van der Waals surface area (Å²) < 4.78 is 19.1. The Morgan fingerprint density at radius 2 is 2.07 bits per heavy atom. The Hall–Kier alpha value is -2.21. The number of pyridine rings is 1. The second-order valence-corrected chi connectivity index (χ2v) is 7.48. The molecule has 1 aromatic heterocycles. The van der Waals surface area contributed by atoms with E-state index in [1.165, 1.54) is 19.4 Å². The highest BCUT2D eigenvalue weighted by atomic mass is 19.1. The number of nitrogens with one attached hydrogen (secondary N) is 2. The molecule has 0 bridgehead atoms. The summed E-state index contributed by atoms with van der Waals surface area (Å²) in [6.07, 6.45) is 6.61. The monoisotopic (exact) mass is 374 g/mol. The molecule has 2 rings (SSSR count). The minimum atomic E-state index is -1.38. The number of likely N-dealkylation sites (N-methyl/N-ethyl adjacent to an activating group) is 1. The van der Waals surface area contributed by atoms with Crippen LogP contribution >= 0.6 is 0 Å². The van der Waals surface area contributed by atoms with E-state index in [0.717, 1.165) is 28.8 Å². The lowest BCUT2D eigenvalue weighted by Crippen LogP contribution is -2.34. The number of alkyl halides is 1. The topological polar surface area (TPSA) is 58.5 Å². The summed E-state index contributed by atoms with van der Waals surface area (Å²) in [6.45, 7) is 9.72. The van der Waals surface area contributed by atoms with Gasteiger partial charge in [0.25, 0.3) is 0 Å². The van der Waals surface area contributed by atoms with Gasteiger partial charge in [-0.05, 0) is 58.4 Å². The summed E-state index contributed by atoms with van der Waals surface area (Å²) in [5.41, 5.74) is 3.99. The quantitative estimate of drug-likeness (QED) is 0.726.